The van der Waals surface area contributed by atoms with Gasteiger partial charge in [-0.1, -0.05) is 19.4 Å². The molecule has 1 atom stereocenters. The highest BCUT2D eigenvalue weighted by molar-refractivity contribution is 5.93. The number of aromatic nitrogens is 2. The summed E-state index contributed by atoms with van der Waals surface area (Å²) < 4.78 is 7.10. The lowest BCUT2D eigenvalue weighted by Crippen LogP contribution is -2.51. The number of nitrogens with one attached hydrogen (secondary N) is 1. The number of carbonyl (C=O) groups excluding carboxylic acids is 2. The van der Waals surface area contributed by atoms with Gasteiger partial charge in [-0.05, 0) is 87.2 Å². The Morgan fingerprint density at radius 1 is 1.16 bits per heavy atom. The molecule has 172 valence electrons. The van der Waals surface area contributed by atoms with Crippen LogP contribution in [0, 0.1) is 23.2 Å². The smallest absolute Gasteiger partial charge is 0.315 e. The fourth-order valence-electron chi connectivity index (χ4n) is 7.17. The molecule has 2 aromatic heterocycles. The van der Waals surface area contributed by atoms with E-state index >= 15 is 0 Å². The molecule has 0 aliphatic heterocycles. The topological polar surface area (TPSA) is 72.7 Å². The van der Waals surface area contributed by atoms with Crippen LogP contribution < -0.4 is 5.32 Å². The zero-order chi connectivity index (χ0) is 22.3. The van der Waals surface area contributed by atoms with Crippen LogP contribution in [0.25, 0.3) is 5.65 Å². The first-order valence-electron chi connectivity index (χ1n) is 12.4. The van der Waals surface area contributed by atoms with Crippen LogP contribution in [0.4, 0.5) is 0 Å². The lowest BCUT2D eigenvalue weighted by Gasteiger charge is -2.56. The van der Waals surface area contributed by atoms with Crippen molar-refractivity contribution in [3.8, 4) is 0 Å². The van der Waals surface area contributed by atoms with E-state index in [4.69, 9.17) is 4.74 Å². The first-order valence-corrected chi connectivity index (χ1v) is 12.4. The van der Waals surface area contributed by atoms with Gasteiger partial charge in [-0.15, -0.1) is 0 Å². The third kappa shape index (κ3) is 3.93. The van der Waals surface area contributed by atoms with Gasteiger partial charge in [-0.2, -0.15) is 0 Å². The molecule has 2 heterocycles. The van der Waals surface area contributed by atoms with Gasteiger partial charge in [0.25, 0.3) is 5.91 Å². The van der Waals surface area contributed by atoms with Gasteiger partial charge in [0.1, 0.15) is 17.3 Å². The van der Waals surface area contributed by atoms with Gasteiger partial charge in [-0.25, -0.2) is 4.98 Å². The van der Waals surface area contributed by atoms with E-state index in [-0.39, 0.29) is 11.9 Å². The van der Waals surface area contributed by atoms with Crippen molar-refractivity contribution in [2.75, 3.05) is 13.2 Å². The molecule has 4 saturated carbocycles. The number of nitrogens with zero attached hydrogens (tertiary/aromatic N) is 2. The summed E-state index contributed by atoms with van der Waals surface area (Å²) in [6.45, 7) is 4.99. The van der Waals surface area contributed by atoms with Gasteiger partial charge in [0, 0.05) is 12.7 Å². The highest BCUT2D eigenvalue weighted by Gasteiger charge is 2.50. The Kier molecular flexibility index (Phi) is 5.72. The molecule has 4 fully saturated rings. The lowest BCUT2D eigenvalue weighted by atomic mass is 9.49. The summed E-state index contributed by atoms with van der Waals surface area (Å²) in [6, 6.07) is 5.59. The molecule has 1 amide bonds. The number of pyridine rings is 1. The SMILES string of the molecule is CCCC(C(=O)OCC)c1cn2c(C(=O)NCC34CC5CC(CC(C5)C3)C4)cccc2n1. The summed E-state index contributed by atoms with van der Waals surface area (Å²) in [6.07, 6.45) is 11.4. The van der Waals surface area contributed by atoms with Gasteiger partial charge in [0.05, 0.1) is 12.3 Å². The van der Waals surface area contributed by atoms with Crippen LogP contribution in [0.1, 0.15) is 87.3 Å². The predicted molar refractivity (Wildman–Crippen MR) is 122 cm³/mol. The third-order valence-corrected chi connectivity index (χ3v) is 8.04. The minimum atomic E-state index is -0.400. The average Bonchev–Trinajstić information content (AvgIpc) is 3.19. The van der Waals surface area contributed by atoms with Gasteiger partial charge >= 0.3 is 5.97 Å². The maximum atomic E-state index is 13.2. The molecule has 4 aliphatic carbocycles. The normalized spacial score (nSPS) is 29.2. The molecule has 6 heteroatoms. The fraction of sp³-hybridized carbons (Fsp3) is 0.654. The Morgan fingerprint density at radius 2 is 1.84 bits per heavy atom. The molecule has 1 unspecified atom stereocenters. The Labute approximate surface area is 190 Å². The molecule has 1 N–H and O–H groups in total. The zero-order valence-corrected chi connectivity index (χ0v) is 19.3. The molecule has 4 aliphatic rings. The second-order valence-electron chi connectivity index (χ2n) is 10.5. The van der Waals surface area contributed by atoms with Gasteiger partial charge in [0.2, 0.25) is 0 Å². The van der Waals surface area contributed by atoms with Crippen molar-refractivity contribution in [3.05, 3.63) is 35.8 Å². The van der Waals surface area contributed by atoms with Crippen molar-refractivity contribution in [1.82, 2.24) is 14.7 Å². The van der Waals surface area contributed by atoms with Crippen LogP contribution in [-0.2, 0) is 9.53 Å². The van der Waals surface area contributed by atoms with Crippen LogP contribution in [-0.4, -0.2) is 34.4 Å². The molecule has 0 aromatic carbocycles. The molecule has 0 spiro atoms. The largest absolute Gasteiger partial charge is 0.465 e. The van der Waals surface area contributed by atoms with E-state index < -0.39 is 5.92 Å². The van der Waals surface area contributed by atoms with Crippen molar-refractivity contribution in [1.29, 1.82) is 0 Å². The van der Waals surface area contributed by atoms with E-state index in [0.717, 1.165) is 30.7 Å². The van der Waals surface area contributed by atoms with Gasteiger partial charge in [-0.3, -0.25) is 14.0 Å². The number of hydrogen-bond donors (Lipinski definition) is 1. The molecule has 6 rings (SSSR count). The van der Waals surface area contributed by atoms with Crippen molar-refractivity contribution < 1.29 is 14.3 Å². The molecule has 4 bridgehead atoms. The Bertz CT molecular complexity index is 976. The van der Waals surface area contributed by atoms with Crippen LogP contribution in [0.5, 0.6) is 0 Å². The maximum Gasteiger partial charge on any atom is 0.315 e. The highest BCUT2D eigenvalue weighted by Crippen LogP contribution is 2.59. The molecule has 0 saturated heterocycles. The van der Waals surface area contributed by atoms with Crippen molar-refractivity contribution in [2.24, 2.45) is 23.2 Å². The van der Waals surface area contributed by atoms with Crippen LogP contribution in [0.15, 0.2) is 24.4 Å². The number of rotatable bonds is 8. The van der Waals surface area contributed by atoms with E-state index in [1.165, 1.54) is 38.5 Å². The predicted octanol–water partition coefficient (Wildman–Crippen LogP) is 4.73. The molecule has 32 heavy (non-hydrogen) atoms. The number of carbonyl (C=O) groups is 2. The molecular formula is C26H35N3O3. The Morgan fingerprint density at radius 3 is 2.47 bits per heavy atom. The van der Waals surface area contributed by atoms with Gasteiger partial charge in [0.15, 0.2) is 0 Å². The number of ether oxygens (including phenoxy) is 1. The van der Waals surface area contributed by atoms with E-state index in [9.17, 15) is 9.59 Å². The molecule has 2 aromatic rings. The summed E-state index contributed by atoms with van der Waals surface area (Å²) in [5, 5.41) is 3.28. The second kappa shape index (κ2) is 8.53. The van der Waals surface area contributed by atoms with E-state index in [1.54, 1.807) is 0 Å². The first kappa shape index (κ1) is 21.5. The quantitative estimate of drug-likeness (QED) is 0.606. The number of amides is 1. The molecular weight excluding hydrogens is 402 g/mol. The maximum absolute atomic E-state index is 13.2. The summed E-state index contributed by atoms with van der Waals surface area (Å²) in [5.74, 6) is 1.91. The van der Waals surface area contributed by atoms with Crippen molar-refractivity contribution in [2.45, 2.75) is 71.1 Å². The second-order valence-corrected chi connectivity index (χ2v) is 10.5. The van der Waals surface area contributed by atoms with Crippen molar-refractivity contribution in [3.63, 3.8) is 0 Å². The molecule has 6 nitrogen and oxygen atoms in total. The number of esters is 1. The third-order valence-electron chi connectivity index (χ3n) is 8.04. The monoisotopic (exact) mass is 437 g/mol. The van der Waals surface area contributed by atoms with E-state index in [1.807, 2.05) is 42.6 Å². The number of hydrogen-bond acceptors (Lipinski definition) is 4. The van der Waals surface area contributed by atoms with Crippen LogP contribution >= 0.6 is 0 Å². The first-order chi connectivity index (χ1) is 15.5. The fourth-order valence-corrected chi connectivity index (χ4v) is 7.17. The summed E-state index contributed by atoms with van der Waals surface area (Å²) in [5.41, 5.74) is 2.23. The van der Waals surface area contributed by atoms with E-state index in [0.29, 0.717) is 35.5 Å². The summed E-state index contributed by atoms with van der Waals surface area (Å²) in [4.78, 5) is 30.4. The van der Waals surface area contributed by atoms with Crippen LogP contribution in [0.3, 0.4) is 0 Å². The average molecular weight is 438 g/mol. The van der Waals surface area contributed by atoms with Crippen LogP contribution in [0.2, 0.25) is 0 Å². The lowest BCUT2D eigenvalue weighted by molar-refractivity contribution is -0.145. The molecule has 0 radical (unpaired) electrons. The highest BCUT2D eigenvalue weighted by atomic mass is 16.5. The zero-order valence-electron chi connectivity index (χ0n) is 19.3. The minimum absolute atomic E-state index is 0.0570. The Hall–Kier alpha value is -2.37. The standard InChI is InChI=1S/C26H35N3O3/c1-3-6-20(25(31)32-4-2)21-15-29-22(7-5-8-23(29)28-21)24(30)27-16-26-12-17-9-18(13-26)11-19(10-17)14-26/h5,7-8,15,17-20H,3-4,6,9-14,16H2,1-2H3,(H,27,30). The summed E-state index contributed by atoms with van der Waals surface area (Å²) >= 11 is 0. The Balaban J connectivity index is 1.35. The number of fused-ring (bicyclic) bond motifs is 1. The van der Waals surface area contributed by atoms with Crippen molar-refractivity contribution >= 4 is 17.5 Å². The number of imidazole rings is 1. The summed E-state index contributed by atoms with van der Waals surface area (Å²) in [7, 11) is 0. The van der Waals surface area contributed by atoms with E-state index in [2.05, 4.69) is 10.3 Å². The minimum Gasteiger partial charge on any atom is -0.465 e. The van der Waals surface area contributed by atoms with Gasteiger partial charge < -0.3 is 10.1 Å².